The first-order valence-corrected chi connectivity index (χ1v) is 7.93. The fourth-order valence-corrected chi connectivity index (χ4v) is 3.26. The molecule has 0 atom stereocenters. The molecule has 1 aliphatic carbocycles. The summed E-state index contributed by atoms with van der Waals surface area (Å²) in [6.07, 6.45) is 9.60. The van der Waals surface area contributed by atoms with Crippen LogP contribution in [0.1, 0.15) is 63.9 Å². The second-order valence-corrected chi connectivity index (χ2v) is 5.87. The third-order valence-electron chi connectivity index (χ3n) is 4.39. The van der Waals surface area contributed by atoms with Crippen molar-refractivity contribution in [2.45, 2.75) is 58.3 Å². The zero-order valence-corrected chi connectivity index (χ0v) is 12.9. The summed E-state index contributed by atoms with van der Waals surface area (Å²) in [5.41, 5.74) is 0.510. The molecule has 1 aromatic carbocycles. The molecule has 21 heavy (non-hydrogen) atoms. The van der Waals surface area contributed by atoms with E-state index in [0.29, 0.717) is 5.56 Å². The van der Waals surface area contributed by atoms with E-state index in [1.165, 1.54) is 25.2 Å². The summed E-state index contributed by atoms with van der Waals surface area (Å²) in [5, 5.41) is 0. The van der Waals surface area contributed by atoms with Crippen LogP contribution in [-0.2, 0) is 0 Å². The highest BCUT2D eigenvalue weighted by molar-refractivity contribution is 5.33. The van der Waals surface area contributed by atoms with Crippen molar-refractivity contribution in [3.63, 3.8) is 0 Å². The topological polar surface area (TPSA) is 9.23 Å². The molecule has 0 radical (unpaired) electrons. The molecule has 0 aromatic heterocycles. The van der Waals surface area contributed by atoms with Crippen LogP contribution in [0.15, 0.2) is 24.5 Å². The fraction of sp³-hybridized carbons (Fsp3) is 0.556. The van der Waals surface area contributed by atoms with Gasteiger partial charge in [-0.15, -0.1) is 0 Å². The van der Waals surface area contributed by atoms with Gasteiger partial charge in [0.05, 0.1) is 6.26 Å². The van der Waals surface area contributed by atoms with Crippen LogP contribution in [-0.4, -0.2) is 0 Å². The van der Waals surface area contributed by atoms with Crippen LogP contribution in [0.5, 0.6) is 5.75 Å². The lowest BCUT2D eigenvalue weighted by Gasteiger charge is -2.29. The average Bonchev–Trinajstić information content (AvgIpc) is 2.50. The normalized spacial score (nSPS) is 22.7. The Balaban J connectivity index is 2.09. The number of benzene rings is 1. The molecule has 2 rings (SSSR count). The molecule has 1 fully saturated rings. The molecule has 1 nitrogen and oxygen atoms in total. The van der Waals surface area contributed by atoms with E-state index in [2.05, 4.69) is 6.92 Å². The molecule has 0 unspecified atom stereocenters. The van der Waals surface area contributed by atoms with E-state index in [-0.39, 0.29) is 11.7 Å². The first-order valence-electron chi connectivity index (χ1n) is 7.93. The highest BCUT2D eigenvalue weighted by Crippen LogP contribution is 2.39. The van der Waals surface area contributed by atoms with Gasteiger partial charge < -0.3 is 4.74 Å². The Morgan fingerprint density at radius 1 is 1.14 bits per heavy atom. The molecule has 0 bridgehead atoms. The van der Waals surface area contributed by atoms with Crippen molar-refractivity contribution in [2.24, 2.45) is 5.92 Å². The van der Waals surface area contributed by atoms with Gasteiger partial charge in [0.2, 0.25) is 5.82 Å². The summed E-state index contributed by atoms with van der Waals surface area (Å²) in [7, 11) is 0. The molecule has 0 heterocycles. The van der Waals surface area contributed by atoms with Gasteiger partial charge in [0.25, 0.3) is 0 Å². The van der Waals surface area contributed by atoms with Crippen molar-refractivity contribution >= 4 is 0 Å². The monoisotopic (exact) mass is 294 g/mol. The smallest absolute Gasteiger partial charge is 0.201 e. The van der Waals surface area contributed by atoms with E-state index in [1.54, 1.807) is 19.1 Å². The summed E-state index contributed by atoms with van der Waals surface area (Å²) in [4.78, 5) is 0. The molecule has 116 valence electrons. The molecule has 1 saturated carbocycles. The van der Waals surface area contributed by atoms with E-state index >= 15 is 0 Å². The molecule has 0 aliphatic heterocycles. The lowest BCUT2D eigenvalue weighted by molar-refractivity contribution is 0.302. The zero-order valence-electron chi connectivity index (χ0n) is 12.9. The van der Waals surface area contributed by atoms with Gasteiger partial charge in [-0.25, -0.2) is 4.39 Å². The Hall–Kier alpha value is -1.38. The molecule has 1 aromatic rings. The predicted molar refractivity (Wildman–Crippen MR) is 81.4 cm³/mol. The van der Waals surface area contributed by atoms with E-state index < -0.39 is 11.6 Å². The molecular formula is C18H24F2O. The maximum atomic E-state index is 14.2. The third-order valence-corrected chi connectivity index (χ3v) is 4.39. The highest BCUT2D eigenvalue weighted by atomic mass is 19.2. The van der Waals surface area contributed by atoms with Crippen molar-refractivity contribution in [3.8, 4) is 5.75 Å². The van der Waals surface area contributed by atoms with Gasteiger partial charge in [0.1, 0.15) is 0 Å². The van der Waals surface area contributed by atoms with Gasteiger partial charge in [0, 0.05) is 0 Å². The molecule has 0 N–H and O–H groups in total. The molecule has 0 amide bonds. The highest BCUT2D eigenvalue weighted by Gasteiger charge is 2.26. The van der Waals surface area contributed by atoms with Crippen LogP contribution >= 0.6 is 0 Å². The lowest BCUT2D eigenvalue weighted by atomic mass is 9.77. The minimum atomic E-state index is -0.874. The van der Waals surface area contributed by atoms with E-state index in [9.17, 15) is 8.78 Å². The summed E-state index contributed by atoms with van der Waals surface area (Å²) >= 11 is 0. The largest absolute Gasteiger partial charge is 0.462 e. The van der Waals surface area contributed by atoms with Crippen molar-refractivity contribution in [3.05, 3.63) is 41.7 Å². The second kappa shape index (κ2) is 7.58. The number of halogens is 2. The average molecular weight is 294 g/mol. The van der Waals surface area contributed by atoms with Gasteiger partial charge in [-0.2, -0.15) is 4.39 Å². The van der Waals surface area contributed by atoms with Crippen molar-refractivity contribution in [2.75, 3.05) is 0 Å². The number of rotatable bonds is 5. The van der Waals surface area contributed by atoms with Crippen molar-refractivity contribution < 1.29 is 13.5 Å². The number of hydrogen-bond acceptors (Lipinski definition) is 1. The minimum Gasteiger partial charge on any atom is -0.462 e. The summed E-state index contributed by atoms with van der Waals surface area (Å²) in [5.74, 6) is -0.758. The molecule has 0 spiro atoms. The van der Waals surface area contributed by atoms with Gasteiger partial charge >= 0.3 is 0 Å². The van der Waals surface area contributed by atoms with E-state index in [1.807, 2.05) is 0 Å². The summed E-state index contributed by atoms with van der Waals surface area (Å²) in [6.45, 7) is 3.96. The maximum absolute atomic E-state index is 14.2. The number of hydrogen-bond donors (Lipinski definition) is 0. The zero-order chi connectivity index (χ0) is 15.2. The van der Waals surface area contributed by atoms with Crippen LogP contribution in [0.25, 0.3) is 0 Å². The quantitative estimate of drug-likeness (QED) is 0.610. The minimum absolute atomic E-state index is 0.0472. The van der Waals surface area contributed by atoms with Crippen LogP contribution < -0.4 is 4.74 Å². The molecule has 0 saturated heterocycles. The van der Waals surface area contributed by atoms with Crippen molar-refractivity contribution in [1.82, 2.24) is 0 Å². The Kier molecular flexibility index (Phi) is 5.77. The fourth-order valence-electron chi connectivity index (χ4n) is 3.26. The van der Waals surface area contributed by atoms with Crippen LogP contribution in [0.4, 0.5) is 8.78 Å². The van der Waals surface area contributed by atoms with Gasteiger partial charge in [-0.3, -0.25) is 0 Å². The van der Waals surface area contributed by atoms with Crippen LogP contribution in [0.2, 0.25) is 0 Å². The molecule has 1 aliphatic rings. The molecule has 3 heteroatoms. The van der Waals surface area contributed by atoms with Gasteiger partial charge in [-0.05, 0) is 56.1 Å². The lowest BCUT2D eigenvalue weighted by Crippen LogP contribution is -2.14. The number of allylic oxidation sites excluding steroid dienone is 1. The third kappa shape index (κ3) is 3.84. The second-order valence-electron chi connectivity index (χ2n) is 5.87. The van der Waals surface area contributed by atoms with Gasteiger partial charge in [-0.1, -0.05) is 31.9 Å². The number of ether oxygens (including phenoxy) is 1. The van der Waals surface area contributed by atoms with Crippen LogP contribution in [0, 0.1) is 17.6 Å². The molecular weight excluding hydrogens is 270 g/mol. The SMILES string of the molecule is C/C=C/Oc1ccc(C2CCC(CCC)CC2)c(F)c1F. The Labute approximate surface area is 126 Å². The first-order chi connectivity index (χ1) is 10.2. The standard InChI is InChI=1S/C18H24F2O/c1-3-5-13-6-8-14(9-7-13)15-10-11-16(21-12-4-2)18(20)17(15)19/h4,10-14H,3,5-9H2,1-2H3/b12-4+. The maximum Gasteiger partial charge on any atom is 0.201 e. The van der Waals surface area contributed by atoms with Crippen molar-refractivity contribution in [1.29, 1.82) is 0 Å². The van der Waals surface area contributed by atoms with E-state index in [4.69, 9.17) is 4.74 Å². The summed E-state index contributed by atoms with van der Waals surface area (Å²) < 4.78 is 33.3. The Morgan fingerprint density at radius 2 is 1.86 bits per heavy atom. The van der Waals surface area contributed by atoms with E-state index in [0.717, 1.165) is 31.6 Å². The first kappa shape index (κ1) is 16.0. The predicted octanol–water partition coefficient (Wildman–Crippen LogP) is 5.95. The van der Waals surface area contributed by atoms with Gasteiger partial charge in [0.15, 0.2) is 11.6 Å². The van der Waals surface area contributed by atoms with Crippen LogP contribution in [0.3, 0.4) is 0 Å². The summed E-state index contributed by atoms with van der Waals surface area (Å²) in [6, 6.07) is 3.22. The Bertz CT molecular complexity index is 488. The Morgan fingerprint density at radius 3 is 2.48 bits per heavy atom.